The molecule has 1 unspecified atom stereocenters. The molecular weight excluding hydrogens is 252 g/mol. The van der Waals surface area contributed by atoms with E-state index in [-0.39, 0.29) is 11.9 Å². The van der Waals surface area contributed by atoms with Crippen molar-refractivity contribution < 1.29 is 4.79 Å². The topological polar surface area (TPSA) is 54.5 Å². The molecule has 1 atom stereocenters. The molecule has 1 saturated heterocycles. The van der Waals surface area contributed by atoms with Gasteiger partial charge in [0.1, 0.15) is 5.69 Å². The summed E-state index contributed by atoms with van der Waals surface area (Å²) in [5.74, 6) is 0.109. The smallest absolute Gasteiger partial charge is 0.270 e. The summed E-state index contributed by atoms with van der Waals surface area (Å²) in [5.41, 5.74) is 7.26. The van der Waals surface area contributed by atoms with E-state index in [0.29, 0.717) is 5.69 Å². The maximum Gasteiger partial charge on any atom is 0.270 e. The summed E-state index contributed by atoms with van der Waals surface area (Å²) in [6.45, 7) is 7.86. The van der Waals surface area contributed by atoms with E-state index in [2.05, 4.69) is 25.8 Å². The van der Waals surface area contributed by atoms with Gasteiger partial charge < -0.3 is 20.1 Å². The number of carbonyl (C=O) groups is 1. The number of hydrogen-bond donors (Lipinski definition) is 1. The summed E-state index contributed by atoms with van der Waals surface area (Å²) in [4.78, 5) is 17.1. The van der Waals surface area contributed by atoms with Crippen molar-refractivity contribution >= 4 is 11.6 Å². The van der Waals surface area contributed by atoms with Crippen molar-refractivity contribution in [3.8, 4) is 0 Å². The van der Waals surface area contributed by atoms with Crippen LogP contribution in [0.25, 0.3) is 0 Å². The summed E-state index contributed by atoms with van der Waals surface area (Å²) in [6.07, 6.45) is 3.88. The third-order valence-corrected chi connectivity index (χ3v) is 3.91. The van der Waals surface area contributed by atoms with Crippen LogP contribution in [-0.2, 0) is 6.54 Å². The minimum Gasteiger partial charge on any atom is -0.397 e. The Bertz CT molecular complexity index is 468. The zero-order valence-electron chi connectivity index (χ0n) is 12.8. The molecule has 2 N–H and O–H groups in total. The number of nitrogens with zero attached hydrogens (tertiary/aromatic N) is 3. The fourth-order valence-corrected chi connectivity index (χ4v) is 2.96. The number of anilines is 1. The molecule has 0 bridgehead atoms. The molecular formula is C15H26N4O. The minimum absolute atomic E-state index is 0.109. The molecule has 5 nitrogen and oxygen atoms in total. The molecule has 20 heavy (non-hydrogen) atoms. The van der Waals surface area contributed by atoms with Crippen LogP contribution in [0.4, 0.5) is 5.69 Å². The average Bonchev–Trinajstić information content (AvgIpc) is 2.65. The molecule has 2 rings (SSSR count). The van der Waals surface area contributed by atoms with Crippen LogP contribution in [0.2, 0.25) is 0 Å². The van der Waals surface area contributed by atoms with Gasteiger partial charge in [0.05, 0.1) is 5.69 Å². The van der Waals surface area contributed by atoms with Crippen LogP contribution >= 0.6 is 0 Å². The average molecular weight is 278 g/mol. The number of nitrogens with two attached hydrogens (primary N) is 1. The van der Waals surface area contributed by atoms with E-state index >= 15 is 0 Å². The number of aryl methyl sites for hydroxylation is 1. The quantitative estimate of drug-likeness (QED) is 0.914. The predicted octanol–water partition coefficient (Wildman–Crippen LogP) is 1.65. The molecule has 0 aromatic carbocycles. The first-order valence-electron chi connectivity index (χ1n) is 7.48. The second-order valence-corrected chi connectivity index (χ2v) is 5.82. The Kier molecular flexibility index (Phi) is 4.70. The van der Waals surface area contributed by atoms with Gasteiger partial charge in [0, 0.05) is 31.9 Å². The third kappa shape index (κ3) is 3.15. The predicted molar refractivity (Wildman–Crippen MR) is 81.7 cm³/mol. The Morgan fingerprint density at radius 3 is 2.90 bits per heavy atom. The second-order valence-electron chi connectivity index (χ2n) is 5.82. The molecule has 0 aliphatic carbocycles. The molecule has 1 amide bonds. The Balaban J connectivity index is 2.21. The van der Waals surface area contributed by atoms with Crippen molar-refractivity contribution in [2.24, 2.45) is 0 Å². The zero-order chi connectivity index (χ0) is 14.7. The van der Waals surface area contributed by atoms with Gasteiger partial charge in [-0.15, -0.1) is 0 Å². The Labute approximate surface area is 121 Å². The zero-order valence-corrected chi connectivity index (χ0v) is 12.8. The van der Waals surface area contributed by atoms with E-state index in [1.54, 1.807) is 6.07 Å². The Morgan fingerprint density at radius 2 is 2.20 bits per heavy atom. The molecule has 5 heteroatoms. The first-order chi connectivity index (χ1) is 9.52. The highest BCUT2D eigenvalue weighted by Gasteiger charge is 2.26. The lowest BCUT2D eigenvalue weighted by atomic mass is 10.2. The number of hydrogen-bond acceptors (Lipinski definition) is 3. The van der Waals surface area contributed by atoms with Gasteiger partial charge in [-0.2, -0.15) is 0 Å². The van der Waals surface area contributed by atoms with Crippen molar-refractivity contribution in [2.45, 2.75) is 39.3 Å². The van der Waals surface area contributed by atoms with Gasteiger partial charge in [-0.05, 0) is 39.4 Å². The summed E-state index contributed by atoms with van der Waals surface area (Å²) in [5, 5.41) is 0. The van der Waals surface area contributed by atoms with E-state index in [0.717, 1.165) is 44.7 Å². The van der Waals surface area contributed by atoms with Crippen molar-refractivity contribution in [3.05, 3.63) is 18.0 Å². The number of nitrogen functional groups attached to an aromatic ring is 1. The van der Waals surface area contributed by atoms with Crippen LogP contribution < -0.4 is 5.73 Å². The van der Waals surface area contributed by atoms with Crippen LogP contribution in [0.5, 0.6) is 0 Å². The van der Waals surface area contributed by atoms with E-state index in [1.165, 1.54) is 0 Å². The minimum atomic E-state index is 0.109. The van der Waals surface area contributed by atoms with Crippen molar-refractivity contribution in [3.63, 3.8) is 0 Å². The standard InChI is InChI=1S/C15H26N4O/c1-4-6-18-11-13(16)9-14(18)15(20)19-8-5-7-17(3)10-12(19)2/h9,11-12H,4-8,10,16H2,1-3H3. The maximum absolute atomic E-state index is 12.8. The Morgan fingerprint density at radius 1 is 1.45 bits per heavy atom. The SMILES string of the molecule is CCCn1cc(N)cc1C(=O)N1CCCN(C)CC1C. The lowest BCUT2D eigenvalue weighted by Crippen LogP contribution is -2.42. The normalized spacial score (nSPS) is 20.9. The molecule has 0 spiro atoms. The molecule has 1 aromatic rings. The summed E-state index contributed by atoms with van der Waals surface area (Å²) in [6, 6.07) is 2.04. The van der Waals surface area contributed by atoms with E-state index < -0.39 is 0 Å². The van der Waals surface area contributed by atoms with E-state index in [1.807, 2.05) is 15.7 Å². The number of amides is 1. The largest absolute Gasteiger partial charge is 0.397 e. The van der Waals surface area contributed by atoms with Gasteiger partial charge in [0.15, 0.2) is 0 Å². The highest BCUT2D eigenvalue weighted by molar-refractivity contribution is 5.94. The lowest BCUT2D eigenvalue weighted by Gasteiger charge is -2.28. The van der Waals surface area contributed by atoms with Gasteiger partial charge in [-0.3, -0.25) is 4.79 Å². The molecule has 1 aliphatic heterocycles. The molecule has 112 valence electrons. The molecule has 1 aromatic heterocycles. The first-order valence-corrected chi connectivity index (χ1v) is 7.48. The van der Waals surface area contributed by atoms with Crippen LogP contribution in [-0.4, -0.2) is 53.0 Å². The third-order valence-electron chi connectivity index (χ3n) is 3.91. The molecule has 1 aliphatic rings. The fraction of sp³-hybridized carbons (Fsp3) is 0.667. The summed E-state index contributed by atoms with van der Waals surface area (Å²) < 4.78 is 1.99. The fourth-order valence-electron chi connectivity index (χ4n) is 2.96. The van der Waals surface area contributed by atoms with Crippen LogP contribution in [0.3, 0.4) is 0 Å². The lowest BCUT2D eigenvalue weighted by molar-refractivity contribution is 0.0685. The number of likely N-dealkylation sites (N-methyl/N-ethyl adjacent to an activating group) is 1. The second kappa shape index (κ2) is 6.31. The van der Waals surface area contributed by atoms with E-state index in [4.69, 9.17) is 5.73 Å². The van der Waals surface area contributed by atoms with Gasteiger partial charge >= 0.3 is 0 Å². The highest BCUT2D eigenvalue weighted by Crippen LogP contribution is 2.17. The first kappa shape index (κ1) is 14.9. The van der Waals surface area contributed by atoms with Gasteiger partial charge in [-0.25, -0.2) is 0 Å². The Hall–Kier alpha value is -1.49. The molecule has 0 radical (unpaired) electrons. The van der Waals surface area contributed by atoms with Gasteiger partial charge in [-0.1, -0.05) is 6.92 Å². The van der Waals surface area contributed by atoms with E-state index in [9.17, 15) is 4.79 Å². The number of carbonyl (C=O) groups excluding carboxylic acids is 1. The molecule has 2 heterocycles. The van der Waals surface area contributed by atoms with Crippen molar-refractivity contribution in [1.82, 2.24) is 14.4 Å². The van der Waals surface area contributed by atoms with Gasteiger partial charge in [0.2, 0.25) is 0 Å². The van der Waals surface area contributed by atoms with Crippen LogP contribution in [0.15, 0.2) is 12.3 Å². The maximum atomic E-state index is 12.8. The summed E-state index contributed by atoms with van der Waals surface area (Å²) in [7, 11) is 2.11. The molecule has 1 fully saturated rings. The van der Waals surface area contributed by atoms with Crippen LogP contribution in [0.1, 0.15) is 37.2 Å². The summed E-state index contributed by atoms with van der Waals surface area (Å²) >= 11 is 0. The number of rotatable bonds is 3. The van der Waals surface area contributed by atoms with Crippen LogP contribution in [0, 0.1) is 0 Å². The monoisotopic (exact) mass is 278 g/mol. The highest BCUT2D eigenvalue weighted by atomic mass is 16.2. The van der Waals surface area contributed by atoms with Gasteiger partial charge in [0.25, 0.3) is 5.91 Å². The molecule has 0 saturated carbocycles. The number of aromatic nitrogens is 1. The van der Waals surface area contributed by atoms with Crippen molar-refractivity contribution in [1.29, 1.82) is 0 Å². The van der Waals surface area contributed by atoms with Crippen molar-refractivity contribution in [2.75, 3.05) is 32.4 Å².